The second-order valence-corrected chi connectivity index (χ2v) is 5.13. The summed E-state index contributed by atoms with van der Waals surface area (Å²) < 4.78 is 2.67. The number of primary amides is 1. The van der Waals surface area contributed by atoms with Crippen molar-refractivity contribution in [3.05, 3.63) is 44.6 Å². The quantitative estimate of drug-likeness (QED) is 0.921. The fourth-order valence-electron chi connectivity index (χ4n) is 1.69. The van der Waals surface area contributed by atoms with Crippen molar-refractivity contribution in [2.45, 2.75) is 13.8 Å². The first-order chi connectivity index (χ1) is 8.41. The van der Waals surface area contributed by atoms with Crippen LogP contribution in [0.15, 0.2) is 22.7 Å². The summed E-state index contributed by atoms with van der Waals surface area (Å²) in [7, 11) is 0. The molecule has 4 nitrogen and oxygen atoms in total. The summed E-state index contributed by atoms with van der Waals surface area (Å²) in [5.74, 6) is -0.502. The van der Waals surface area contributed by atoms with Gasteiger partial charge in [0.15, 0.2) is 0 Å². The third kappa shape index (κ3) is 2.15. The Morgan fingerprint density at radius 1 is 1.44 bits per heavy atom. The van der Waals surface area contributed by atoms with Crippen molar-refractivity contribution < 1.29 is 4.79 Å². The lowest BCUT2D eigenvalue weighted by Crippen LogP contribution is -2.11. The normalized spacial score (nSPS) is 10.7. The van der Waals surface area contributed by atoms with Crippen molar-refractivity contribution in [2.75, 3.05) is 0 Å². The predicted molar refractivity (Wildman–Crippen MR) is 74.3 cm³/mol. The van der Waals surface area contributed by atoms with Crippen molar-refractivity contribution in [3.8, 4) is 5.69 Å². The molecule has 0 atom stereocenters. The van der Waals surface area contributed by atoms with Gasteiger partial charge in [0.1, 0.15) is 0 Å². The Morgan fingerprint density at radius 3 is 2.56 bits per heavy atom. The molecule has 0 radical (unpaired) electrons. The van der Waals surface area contributed by atoms with Crippen LogP contribution in [0.1, 0.15) is 21.7 Å². The Hall–Kier alpha value is -1.33. The molecule has 0 aliphatic heterocycles. The lowest BCUT2D eigenvalue weighted by molar-refractivity contribution is 0.100. The average Bonchev–Trinajstić information content (AvgIpc) is 2.57. The van der Waals surface area contributed by atoms with Crippen molar-refractivity contribution in [3.63, 3.8) is 0 Å². The molecular formula is C12H11BrClN3O. The molecule has 18 heavy (non-hydrogen) atoms. The molecule has 0 bridgehead atoms. The Kier molecular flexibility index (Phi) is 3.45. The number of halogens is 2. The van der Waals surface area contributed by atoms with Crippen LogP contribution in [0.3, 0.4) is 0 Å². The van der Waals surface area contributed by atoms with E-state index in [2.05, 4.69) is 21.0 Å². The Labute approximate surface area is 118 Å². The largest absolute Gasteiger partial charge is 0.366 e. The highest BCUT2D eigenvalue weighted by atomic mass is 79.9. The molecule has 2 rings (SSSR count). The number of carbonyl (C=O) groups excluding carboxylic acids is 1. The molecular weight excluding hydrogens is 318 g/mol. The van der Waals surface area contributed by atoms with Gasteiger partial charge in [0.25, 0.3) is 0 Å². The summed E-state index contributed by atoms with van der Waals surface area (Å²) in [6, 6.07) is 4.91. The first kappa shape index (κ1) is 13.1. The van der Waals surface area contributed by atoms with Gasteiger partial charge in [0.05, 0.1) is 26.6 Å². The van der Waals surface area contributed by atoms with Crippen LogP contribution >= 0.6 is 27.5 Å². The molecule has 94 valence electrons. The second-order valence-electron chi connectivity index (χ2n) is 3.93. The number of amides is 1. The maximum Gasteiger partial charge on any atom is 0.248 e. The molecule has 1 amide bonds. The van der Waals surface area contributed by atoms with Gasteiger partial charge < -0.3 is 5.73 Å². The highest BCUT2D eigenvalue weighted by Gasteiger charge is 2.13. The molecule has 2 aromatic rings. The number of aromatic nitrogens is 2. The first-order valence-corrected chi connectivity index (χ1v) is 6.40. The summed E-state index contributed by atoms with van der Waals surface area (Å²) in [5.41, 5.74) is 8.12. The molecule has 1 heterocycles. The lowest BCUT2D eigenvalue weighted by atomic mass is 10.2. The van der Waals surface area contributed by atoms with Crippen molar-refractivity contribution in [1.29, 1.82) is 0 Å². The maximum atomic E-state index is 11.1. The summed E-state index contributed by atoms with van der Waals surface area (Å²) in [5, 5.41) is 4.82. The van der Waals surface area contributed by atoms with Crippen LogP contribution in [0, 0.1) is 13.8 Å². The topological polar surface area (TPSA) is 60.9 Å². The van der Waals surface area contributed by atoms with E-state index >= 15 is 0 Å². The van der Waals surface area contributed by atoms with E-state index in [0.717, 1.165) is 15.9 Å². The Morgan fingerprint density at radius 2 is 2.11 bits per heavy atom. The fraction of sp³-hybridized carbons (Fsp3) is 0.167. The van der Waals surface area contributed by atoms with E-state index in [9.17, 15) is 4.79 Å². The molecule has 2 N–H and O–H groups in total. The van der Waals surface area contributed by atoms with Crippen LogP contribution in [0.2, 0.25) is 5.02 Å². The standard InChI is InChI=1S/C12H11BrClN3O/c1-6-11(13)7(2)17(16-6)10-4-3-8(12(15)18)5-9(10)14/h3-5H,1-2H3,(H2,15,18). The molecule has 1 aromatic heterocycles. The van der Waals surface area contributed by atoms with Crippen LogP contribution in [0.4, 0.5) is 0 Å². The number of nitrogens with two attached hydrogens (primary N) is 1. The van der Waals surface area contributed by atoms with E-state index in [0.29, 0.717) is 16.3 Å². The molecule has 0 saturated carbocycles. The van der Waals surface area contributed by atoms with Crippen LogP contribution in [-0.4, -0.2) is 15.7 Å². The van der Waals surface area contributed by atoms with Gasteiger partial charge in [-0.2, -0.15) is 5.10 Å². The summed E-state index contributed by atoms with van der Waals surface area (Å²) in [6.07, 6.45) is 0. The molecule has 0 unspecified atom stereocenters. The van der Waals surface area contributed by atoms with Crippen LogP contribution in [0.5, 0.6) is 0 Å². The number of hydrogen-bond donors (Lipinski definition) is 1. The highest BCUT2D eigenvalue weighted by molar-refractivity contribution is 9.10. The minimum atomic E-state index is -0.502. The van der Waals surface area contributed by atoms with E-state index in [4.69, 9.17) is 17.3 Å². The number of hydrogen-bond acceptors (Lipinski definition) is 2. The zero-order chi connectivity index (χ0) is 13.4. The molecule has 0 aliphatic rings. The number of aryl methyl sites for hydroxylation is 1. The fourth-order valence-corrected chi connectivity index (χ4v) is 2.20. The Bertz CT molecular complexity index is 636. The molecule has 0 aliphatic carbocycles. The van der Waals surface area contributed by atoms with Gasteiger partial charge >= 0.3 is 0 Å². The monoisotopic (exact) mass is 327 g/mol. The minimum Gasteiger partial charge on any atom is -0.366 e. The SMILES string of the molecule is Cc1nn(-c2ccc(C(N)=O)cc2Cl)c(C)c1Br. The van der Waals surface area contributed by atoms with E-state index in [-0.39, 0.29) is 0 Å². The predicted octanol–water partition coefficient (Wildman–Crippen LogP) is 3.00. The van der Waals surface area contributed by atoms with Crippen LogP contribution in [0.25, 0.3) is 5.69 Å². The molecule has 0 spiro atoms. The maximum absolute atomic E-state index is 11.1. The number of rotatable bonds is 2. The van der Waals surface area contributed by atoms with Gasteiger partial charge in [-0.25, -0.2) is 4.68 Å². The summed E-state index contributed by atoms with van der Waals surface area (Å²) >= 11 is 9.62. The van der Waals surface area contributed by atoms with E-state index in [1.54, 1.807) is 22.9 Å². The number of nitrogens with zero attached hydrogens (tertiary/aromatic N) is 2. The highest BCUT2D eigenvalue weighted by Crippen LogP contribution is 2.27. The van der Waals surface area contributed by atoms with Crippen molar-refractivity contribution in [2.24, 2.45) is 5.73 Å². The van der Waals surface area contributed by atoms with E-state index < -0.39 is 5.91 Å². The van der Waals surface area contributed by atoms with Crippen molar-refractivity contribution >= 4 is 33.4 Å². The van der Waals surface area contributed by atoms with Gasteiger partial charge in [0, 0.05) is 5.56 Å². The third-order valence-corrected chi connectivity index (χ3v) is 4.11. The van der Waals surface area contributed by atoms with Crippen molar-refractivity contribution in [1.82, 2.24) is 9.78 Å². The summed E-state index contributed by atoms with van der Waals surface area (Å²) in [4.78, 5) is 11.1. The zero-order valence-electron chi connectivity index (χ0n) is 9.87. The van der Waals surface area contributed by atoms with Gasteiger partial charge in [-0.3, -0.25) is 4.79 Å². The first-order valence-electron chi connectivity index (χ1n) is 5.23. The smallest absolute Gasteiger partial charge is 0.248 e. The second kappa shape index (κ2) is 4.74. The Balaban J connectivity index is 2.58. The van der Waals surface area contributed by atoms with E-state index in [1.807, 2.05) is 13.8 Å². The number of benzene rings is 1. The van der Waals surface area contributed by atoms with Crippen LogP contribution < -0.4 is 5.73 Å². The number of carbonyl (C=O) groups is 1. The molecule has 6 heteroatoms. The lowest BCUT2D eigenvalue weighted by Gasteiger charge is -2.07. The van der Waals surface area contributed by atoms with Gasteiger partial charge in [0.2, 0.25) is 5.91 Å². The van der Waals surface area contributed by atoms with Crippen LogP contribution in [-0.2, 0) is 0 Å². The molecule has 1 aromatic carbocycles. The minimum absolute atomic E-state index is 0.379. The molecule has 0 fully saturated rings. The van der Waals surface area contributed by atoms with Gasteiger partial charge in [-0.15, -0.1) is 0 Å². The van der Waals surface area contributed by atoms with Gasteiger partial charge in [-0.1, -0.05) is 11.6 Å². The summed E-state index contributed by atoms with van der Waals surface area (Å²) in [6.45, 7) is 3.83. The van der Waals surface area contributed by atoms with E-state index in [1.165, 1.54) is 0 Å². The zero-order valence-corrected chi connectivity index (χ0v) is 12.2. The third-order valence-electron chi connectivity index (χ3n) is 2.66. The average molecular weight is 329 g/mol. The van der Waals surface area contributed by atoms with Gasteiger partial charge in [-0.05, 0) is 48.0 Å². The molecule has 0 saturated heterocycles.